The summed E-state index contributed by atoms with van der Waals surface area (Å²) in [6.45, 7) is 6.81. The Bertz CT molecular complexity index is 1120. The van der Waals surface area contributed by atoms with E-state index in [4.69, 9.17) is 16.1 Å². The van der Waals surface area contributed by atoms with Gasteiger partial charge in [-0.2, -0.15) is 4.98 Å². The van der Waals surface area contributed by atoms with E-state index < -0.39 is 0 Å². The van der Waals surface area contributed by atoms with Crippen molar-refractivity contribution < 1.29 is 9.32 Å². The quantitative estimate of drug-likeness (QED) is 0.461. The Balaban J connectivity index is 1.77. The lowest BCUT2D eigenvalue weighted by molar-refractivity contribution is 0.204. The molecular weight excluding hydrogens is 424 g/mol. The van der Waals surface area contributed by atoms with Crippen LogP contribution in [0.1, 0.15) is 56.7 Å². The standard InChI is InChI=1S/C25H27ClN4O2/c1-4-6-15-30-16(3)21(22(27-25(30)31)18-9-7-17(5-2)8-10-18)24-28-23(29-32-24)19-11-13-20(26)14-12-19/h7-14,22H,4-6,15H2,1-3H3,(H,27,31). The van der Waals surface area contributed by atoms with Crippen molar-refractivity contribution in [3.05, 3.63) is 76.3 Å². The molecule has 0 bridgehead atoms. The molecule has 0 fully saturated rings. The first-order valence-corrected chi connectivity index (χ1v) is 11.4. The molecule has 1 aliphatic rings. The molecule has 0 aliphatic carbocycles. The molecule has 4 rings (SSSR count). The van der Waals surface area contributed by atoms with Gasteiger partial charge < -0.3 is 9.84 Å². The molecule has 3 aromatic rings. The molecule has 0 saturated carbocycles. The highest BCUT2D eigenvalue weighted by Crippen LogP contribution is 2.37. The second-order valence-electron chi connectivity index (χ2n) is 7.91. The number of carbonyl (C=O) groups excluding carboxylic acids is 1. The van der Waals surface area contributed by atoms with Crippen LogP contribution in [-0.4, -0.2) is 27.6 Å². The molecule has 7 heteroatoms. The van der Waals surface area contributed by atoms with Gasteiger partial charge in [-0.3, -0.25) is 4.90 Å². The number of allylic oxidation sites excluding steroid dienone is 1. The maximum atomic E-state index is 13.0. The largest absolute Gasteiger partial charge is 0.334 e. The van der Waals surface area contributed by atoms with Crippen molar-refractivity contribution in [2.75, 3.05) is 6.54 Å². The van der Waals surface area contributed by atoms with Gasteiger partial charge in [-0.25, -0.2) is 4.79 Å². The number of aromatic nitrogens is 2. The highest BCUT2D eigenvalue weighted by atomic mass is 35.5. The molecule has 1 N–H and O–H groups in total. The number of rotatable bonds is 7. The highest BCUT2D eigenvalue weighted by Gasteiger charge is 2.35. The van der Waals surface area contributed by atoms with Crippen molar-refractivity contribution in [3.8, 4) is 11.4 Å². The zero-order valence-corrected chi connectivity index (χ0v) is 19.3. The fraction of sp³-hybridized carbons (Fsp3) is 0.320. The van der Waals surface area contributed by atoms with Crippen LogP contribution in [0.3, 0.4) is 0 Å². The van der Waals surface area contributed by atoms with Crippen LogP contribution in [0.25, 0.3) is 17.0 Å². The van der Waals surface area contributed by atoms with Crippen LogP contribution in [0.2, 0.25) is 5.02 Å². The molecular formula is C25H27ClN4O2. The van der Waals surface area contributed by atoms with Crippen molar-refractivity contribution in [1.29, 1.82) is 0 Å². The Morgan fingerprint density at radius 2 is 1.81 bits per heavy atom. The van der Waals surface area contributed by atoms with E-state index in [0.29, 0.717) is 23.3 Å². The maximum absolute atomic E-state index is 13.0. The summed E-state index contributed by atoms with van der Waals surface area (Å²) in [5.41, 5.74) is 4.68. The van der Waals surface area contributed by atoms with E-state index in [-0.39, 0.29) is 12.1 Å². The number of hydrogen-bond acceptors (Lipinski definition) is 4. The number of aryl methyl sites for hydroxylation is 1. The van der Waals surface area contributed by atoms with Gasteiger partial charge in [0.1, 0.15) is 0 Å². The third kappa shape index (κ3) is 4.41. The van der Waals surface area contributed by atoms with Gasteiger partial charge in [0.15, 0.2) is 0 Å². The predicted octanol–water partition coefficient (Wildman–Crippen LogP) is 6.25. The molecule has 2 heterocycles. The summed E-state index contributed by atoms with van der Waals surface area (Å²) in [5, 5.41) is 7.99. The predicted molar refractivity (Wildman–Crippen MR) is 126 cm³/mol. The zero-order valence-electron chi connectivity index (χ0n) is 18.6. The molecule has 2 amide bonds. The highest BCUT2D eigenvalue weighted by molar-refractivity contribution is 6.30. The molecule has 166 valence electrons. The Kier molecular flexibility index (Phi) is 6.61. The first kappa shape index (κ1) is 22.1. The Morgan fingerprint density at radius 3 is 2.47 bits per heavy atom. The molecule has 32 heavy (non-hydrogen) atoms. The molecule has 1 unspecified atom stereocenters. The van der Waals surface area contributed by atoms with Gasteiger partial charge in [0.05, 0.1) is 11.6 Å². The topological polar surface area (TPSA) is 71.3 Å². The summed E-state index contributed by atoms with van der Waals surface area (Å²) in [6, 6.07) is 15.1. The zero-order chi connectivity index (χ0) is 22.7. The molecule has 1 aliphatic heterocycles. The minimum atomic E-state index is -0.371. The van der Waals surface area contributed by atoms with Crippen LogP contribution in [0, 0.1) is 0 Å². The lowest BCUT2D eigenvalue weighted by Gasteiger charge is -2.35. The number of urea groups is 1. The number of nitrogens with one attached hydrogen (secondary N) is 1. The number of unbranched alkanes of at least 4 members (excludes halogenated alkanes) is 1. The van der Waals surface area contributed by atoms with Crippen LogP contribution < -0.4 is 5.32 Å². The van der Waals surface area contributed by atoms with Gasteiger partial charge in [0.25, 0.3) is 5.89 Å². The Labute approximate surface area is 193 Å². The molecule has 0 radical (unpaired) electrons. The van der Waals surface area contributed by atoms with Gasteiger partial charge in [0.2, 0.25) is 5.82 Å². The van der Waals surface area contributed by atoms with Gasteiger partial charge in [0, 0.05) is 22.8 Å². The van der Waals surface area contributed by atoms with E-state index in [9.17, 15) is 4.79 Å². The van der Waals surface area contributed by atoms with E-state index in [0.717, 1.165) is 41.7 Å². The van der Waals surface area contributed by atoms with Crippen LogP contribution in [0.4, 0.5) is 4.79 Å². The van der Waals surface area contributed by atoms with Crippen molar-refractivity contribution in [3.63, 3.8) is 0 Å². The lowest BCUT2D eigenvalue weighted by atomic mass is 9.93. The lowest BCUT2D eigenvalue weighted by Crippen LogP contribution is -2.46. The molecule has 1 aromatic heterocycles. The number of benzene rings is 2. The van der Waals surface area contributed by atoms with Crippen molar-refractivity contribution in [2.24, 2.45) is 0 Å². The summed E-state index contributed by atoms with van der Waals surface area (Å²) in [6.07, 6.45) is 2.86. The normalized spacial score (nSPS) is 16.4. The number of amides is 2. The van der Waals surface area contributed by atoms with Crippen molar-refractivity contribution in [2.45, 2.75) is 46.1 Å². The number of halogens is 1. The molecule has 0 spiro atoms. The molecule has 0 saturated heterocycles. The first-order valence-electron chi connectivity index (χ1n) is 11.0. The van der Waals surface area contributed by atoms with E-state index in [1.54, 1.807) is 17.0 Å². The van der Waals surface area contributed by atoms with Crippen LogP contribution in [-0.2, 0) is 6.42 Å². The smallest absolute Gasteiger partial charge is 0.322 e. The van der Waals surface area contributed by atoms with Gasteiger partial charge in [-0.15, -0.1) is 0 Å². The number of carbonyl (C=O) groups is 1. The fourth-order valence-electron chi connectivity index (χ4n) is 3.89. The summed E-state index contributed by atoms with van der Waals surface area (Å²) >= 11 is 6.01. The summed E-state index contributed by atoms with van der Waals surface area (Å²) in [5.74, 6) is 0.882. The SMILES string of the molecule is CCCCN1C(=O)NC(c2ccc(CC)cc2)C(c2nc(-c3ccc(Cl)cc3)no2)=C1C. The van der Waals surface area contributed by atoms with Crippen molar-refractivity contribution in [1.82, 2.24) is 20.4 Å². The van der Waals surface area contributed by atoms with E-state index >= 15 is 0 Å². The van der Waals surface area contributed by atoms with E-state index in [2.05, 4.69) is 53.6 Å². The first-order chi connectivity index (χ1) is 15.5. The third-order valence-electron chi connectivity index (χ3n) is 5.81. The summed E-state index contributed by atoms with van der Waals surface area (Å²) < 4.78 is 5.71. The minimum absolute atomic E-state index is 0.110. The third-order valence-corrected chi connectivity index (χ3v) is 6.06. The maximum Gasteiger partial charge on any atom is 0.322 e. The monoisotopic (exact) mass is 450 g/mol. The number of nitrogens with zero attached hydrogens (tertiary/aromatic N) is 3. The summed E-state index contributed by atoms with van der Waals surface area (Å²) in [4.78, 5) is 19.4. The Morgan fingerprint density at radius 1 is 1.09 bits per heavy atom. The van der Waals surface area contributed by atoms with Crippen LogP contribution in [0.15, 0.2) is 58.8 Å². The van der Waals surface area contributed by atoms with Crippen molar-refractivity contribution >= 4 is 23.2 Å². The second kappa shape index (κ2) is 9.57. The molecule has 2 aromatic carbocycles. The average Bonchev–Trinajstić information content (AvgIpc) is 3.29. The molecule has 1 atom stereocenters. The van der Waals surface area contributed by atoms with E-state index in [1.165, 1.54) is 5.56 Å². The van der Waals surface area contributed by atoms with Crippen LogP contribution >= 0.6 is 11.6 Å². The minimum Gasteiger partial charge on any atom is -0.334 e. The second-order valence-corrected chi connectivity index (χ2v) is 8.35. The fourth-order valence-corrected chi connectivity index (χ4v) is 4.01. The van der Waals surface area contributed by atoms with Gasteiger partial charge >= 0.3 is 6.03 Å². The molecule has 6 nitrogen and oxygen atoms in total. The number of hydrogen-bond donors (Lipinski definition) is 1. The van der Waals surface area contributed by atoms with Gasteiger partial charge in [-0.05, 0) is 55.2 Å². The van der Waals surface area contributed by atoms with Crippen LogP contribution in [0.5, 0.6) is 0 Å². The van der Waals surface area contributed by atoms with Gasteiger partial charge in [-0.1, -0.05) is 61.3 Å². The summed E-state index contributed by atoms with van der Waals surface area (Å²) in [7, 11) is 0. The van der Waals surface area contributed by atoms with E-state index in [1.807, 2.05) is 19.1 Å². The average molecular weight is 451 g/mol. The Hall–Kier alpha value is -3.12.